The Hall–Kier alpha value is -3.45. The number of benzene rings is 2. The van der Waals surface area contributed by atoms with Crippen LogP contribution in [0.2, 0.25) is 0 Å². The minimum absolute atomic E-state index is 0.0124. The minimum atomic E-state index is -1.55. The van der Waals surface area contributed by atoms with Gasteiger partial charge in [-0.25, -0.2) is 4.98 Å². The Balaban J connectivity index is 1.87. The Kier molecular flexibility index (Phi) is 5.86. The fourth-order valence-electron chi connectivity index (χ4n) is 2.91. The second kappa shape index (κ2) is 8.49. The van der Waals surface area contributed by atoms with E-state index in [4.69, 9.17) is 10.2 Å². The highest BCUT2D eigenvalue weighted by atomic mass is 16.4. The van der Waals surface area contributed by atoms with Crippen molar-refractivity contribution in [1.82, 2.24) is 10.3 Å². The number of rotatable bonds is 7. The zero-order chi connectivity index (χ0) is 20.1. The van der Waals surface area contributed by atoms with E-state index >= 15 is 0 Å². The summed E-state index contributed by atoms with van der Waals surface area (Å²) in [7, 11) is 0. The fraction of sp³-hybridized carbons (Fsp3) is 0.190. The standard InChI is InChI=1S/C21H21N3O4/c1-13-23-17(15-10-6-3-7-11-15)19(28-13)21(27)24-16(18(25)20(22)26)12-14-8-4-2-5-9-14/h2-11,16,18,25H,12H2,1H3,(H2,22,26)(H,24,27). The first-order chi connectivity index (χ1) is 13.5. The summed E-state index contributed by atoms with van der Waals surface area (Å²) >= 11 is 0. The van der Waals surface area contributed by atoms with E-state index in [9.17, 15) is 14.7 Å². The molecule has 0 fully saturated rings. The van der Waals surface area contributed by atoms with Crippen molar-refractivity contribution in [3.05, 3.63) is 77.9 Å². The molecule has 0 radical (unpaired) electrons. The highest BCUT2D eigenvalue weighted by Gasteiger charge is 2.29. The van der Waals surface area contributed by atoms with Crippen LogP contribution in [0.3, 0.4) is 0 Å². The summed E-state index contributed by atoms with van der Waals surface area (Å²) < 4.78 is 5.50. The van der Waals surface area contributed by atoms with Gasteiger partial charge in [-0.1, -0.05) is 60.7 Å². The number of aryl methyl sites for hydroxylation is 1. The molecule has 7 nitrogen and oxygen atoms in total. The van der Waals surface area contributed by atoms with E-state index in [0.29, 0.717) is 11.6 Å². The molecule has 4 N–H and O–H groups in total. The Bertz CT molecular complexity index is 954. The number of nitrogens with two attached hydrogens (primary N) is 1. The summed E-state index contributed by atoms with van der Waals surface area (Å²) in [6.45, 7) is 1.64. The number of carbonyl (C=O) groups excluding carboxylic acids is 2. The molecule has 3 rings (SSSR count). The van der Waals surface area contributed by atoms with E-state index in [0.717, 1.165) is 11.1 Å². The third kappa shape index (κ3) is 4.44. The van der Waals surface area contributed by atoms with E-state index in [-0.39, 0.29) is 12.2 Å². The maximum absolute atomic E-state index is 12.9. The Labute approximate surface area is 162 Å². The summed E-state index contributed by atoms with van der Waals surface area (Å²) in [5, 5.41) is 12.9. The van der Waals surface area contributed by atoms with Crippen molar-refractivity contribution in [2.45, 2.75) is 25.5 Å². The number of hydrogen-bond acceptors (Lipinski definition) is 5. The Morgan fingerprint density at radius 1 is 1.11 bits per heavy atom. The number of carbonyl (C=O) groups is 2. The van der Waals surface area contributed by atoms with Crippen molar-refractivity contribution in [3.8, 4) is 11.3 Å². The molecule has 144 valence electrons. The number of nitrogens with zero attached hydrogens (tertiary/aromatic N) is 1. The van der Waals surface area contributed by atoms with E-state index < -0.39 is 24.0 Å². The molecule has 28 heavy (non-hydrogen) atoms. The first-order valence-electron chi connectivity index (χ1n) is 8.80. The van der Waals surface area contributed by atoms with Gasteiger partial charge in [-0.2, -0.15) is 0 Å². The average Bonchev–Trinajstić information content (AvgIpc) is 3.10. The third-order valence-corrected chi connectivity index (χ3v) is 4.28. The molecule has 2 atom stereocenters. The number of primary amides is 1. The van der Waals surface area contributed by atoms with Crippen LogP contribution in [0.25, 0.3) is 11.3 Å². The van der Waals surface area contributed by atoms with E-state index in [2.05, 4.69) is 10.3 Å². The molecular weight excluding hydrogens is 358 g/mol. The predicted octanol–water partition coefficient (Wildman–Crippen LogP) is 1.84. The van der Waals surface area contributed by atoms with Crippen molar-refractivity contribution in [2.24, 2.45) is 5.73 Å². The summed E-state index contributed by atoms with van der Waals surface area (Å²) in [6.07, 6.45) is -1.32. The Morgan fingerprint density at radius 2 is 1.71 bits per heavy atom. The highest BCUT2D eigenvalue weighted by molar-refractivity contribution is 5.97. The second-order valence-electron chi connectivity index (χ2n) is 6.39. The van der Waals surface area contributed by atoms with Crippen LogP contribution in [0.4, 0.5) is 0 Å². The van der Waals surface area contributed by atoms with Gasteiger partial charge in [-0.15, -0.1) is 0 Å². The van der Waals surface area contributed by atoms with Crippen molar-refractivity contribution in [2.75, 3.05) is 0 Å². The van der Waals surface area contributed by atoms with Crippen LogP contribution >= 0.6 is 0 Å². The second-order valence-corrected chi connectivity index (χ2v) is 6.39. The first kappa shape index (κ1) is 19.3. The SMILES string of the molecule is Cc1nc(-c2ccccc2)c(C(=O)NC(Cc2ccccc2)C(O)C(N)=O)o1. The number of nitrogens with one attached hydrogen (secondary N) is 1. The lowest BCUT2D eigenvalue weighted by Gasteiger charge is -2.22. The van der Waals surface area contributed by atoms with Crippen LogP contribution < -0.4 is 11.1 Å². The van der Waals surface area contributed by atoms with Gasteiger partial charge in [0.1, 0.15) is 5.69 Å². The molecule has 1 aromatic heterocycles. The molecular formula is C21H21N3O4. The minimum Gasteiger partial charge on any atom is -0.435 e. The number of hydrogen-bond donors (Lipinski definition) is 3. The van der Waals surface area contributed by atoms with Crippen molar-refractivity contribution < 1.29 is 19.1 Å². The molecule has 0 aliphatic rings. The van der Waals surface area contributed by atoms with Crippen LogP contribution in [0.15, 0.2) is 65.1 Å². The van der Waals surface area contributed by atoms with Gasteiger partial charge in [0.2, 0.25) is 11.7 Å². The highest BCUT2D eigenvalue weighted by Crippen LogP contribution is 2.24. The smallest absolute Gasteiger partial charge is 0.289 e. The monoisotopic (exact) mass is 379 g/mol. The molecule has 1 heterocycles. The Morgan fingerprint density at radius 3 is 2.32 bits per heavy atom. The van der Waals surface area contributed by atoms with Crippen LogP contribution in [-0.4, -0.2) is 34.1 Å². The summed E-state index contributed by atoms with van der Waals surface area (Å²) in [4.78, 5) is 28.7. The summed E-state index contributed by atoms with van der Waals surface area (Å²) in [5.74, 6) is -1.16. The van der Waals surface area contributed by atoms with Gasteiger partial charge in [0, 0.05) is 12.5 Å². The molecule has 2 unspecified atom stereocenters. The van der Waals surface area contributed by atoms with Crippen molar-refractivity contribution >= 4 is 11.8 Å². The molecule has 3 aromatic rings. The van der Waals surface area contributed by atoms with Gasteiger partial charge in [0.25, 0.3) is 5.91 Å². The quantitative estimate of drug-likeness (QED) is 0.579. The van der Waals surface area contributed by atoms with Crippen molar-refractivity contribution in [3.63, 3.8) is 0 Å². The number of aromatic nitrogens is 1. The zero-order valence-corrected chi connectivity index (χ0v) is 15.3. The fourth-order valence-corrected chi connectivity index (χ4v) is 2.91. The lowest BCUT2D eigenvalue weighted by molar-refractivity contribution is -0.127. The normalized spacial score (nSPS) is 12.9. The number of oxazole rings is 1. The van der Waals surface area contributed by atoms with Gasteiger partial charge < -0.3 is 20.6 Å². The zero-order valence-electron chi connectivity index (χ0n) is 15.3. The number of aliphatic hydroxyl groups is 1. The lowest BCUT2D eigenvalue weighted by atomic mass is 10.0. The van der Waals surface area contributed by atoms with Gasteiger partial charge >= 0.3 is 0 Å². The summed E-state index contributed by atoms with van der Waals surface area (Å²) in [5.41, 5.74) is 7.21. The van der Waals surface area contributed by atoms with Gasteiger partial charge in [0.15, 0.2) is 12.0 Å². The molecule has 2 aromatic carbocycles. The largest absolute Gasteiger partial charge is 0.435 e. The number of aliphatic hydroxyl groups excluding tert-OH is 1. The first-order valence-corrected chi connectivity index (χ1v) is 8.80. The lowest BCUT2D eigenvalue weighted by Crippen LogP contribution is -2.50. The summed E-state index contributed by atoms with van der Waals surface area (Å²) in [6, 6.07) is 17.4. The van der Waals surface area contributed by atoms with Crippen LogP contribution in [-0.2, 0) is 11.2 Å². The van der Waals surface area contributed by atoms with Gasteiger partial charge in [-0.05, 0) is 12.0 Å². The molecule has 0 saturated carbocycles. The maximum atomic E-state index is 12.9. The average molecular weight is 379 g/mol. The van der Waals surface area contributed by atoms with E-state index in [1.54, 1.807) is 6.92 Å². The van der Waals surface area contributed by atoms with Gasteiger partial charge in [0.05, 0.1) is 6.04 Å². The maximum Gasteiger partial charge on any atom is 0.289 e. The van der Waals surface area contributed by atoms with Gasteiger partial charge in [-0.3, -0.25) is 9.59 Å². The molecule has 0 spiro atoms. The predicted molar refractivity (Wildman–Crippen MR) is 103 cm³/mol. The van der Waals surface area contributed by atoms with E-state index in [1.165, 1.54) is 0 Å². The third-order valence-electron chi connectivity index (χ3n) is 4.28. The number of amides is 2. The van der Waals surface area contributed by atoms with Crippen LogP contribution in [0.1, 0.15) is 22.0 Å². The molecule has 0 bridgehead atoms. The van der Waals surface area contributed by atoms with Crippen LogP contribution in [0.5, 0.6) is 0 Å². The van der Waals surface area contributed by atoms with E-state index in [1.807, 2.05) is 60.7 Å². The molecule has 0 aliphatic heterocycles. The molecule has 0 saturated heterocycles. The molecule has 7 heteroatoms. The van der Waals surface area contributed by atoms with Crippen molar-refractivity contribution in [1.29, 1.82) is 0 Å². The topological polar surface area (TPSA) is 118 Å². The molecule has 2 amide bonds. The van der Waals surface area contributed by atoms with Crippen LogP contribution in [0, 0.1) is 6.92 Å². The molecule has 0 aliphatic carbocycles.